The van der Waals surface area contributed by atoms with Gasteiger partial charge in [0.2, 0.25) is 5.88 Å². The number of hydrogen-bond acceptors (Lipinski definition) is 3. The normalized spacial score (nSPS) is 10.4. The van der Waals surface area contributed by atoms with Crippen LogP contribution in [0.2, 0.25) is 0 Å². The Morgan fingerprint density at radius 2 is 1.70 bits per heavy atom. The first-order chi connectivity index (χ1) is 9.74. The summed E-state index contributed by atoms with van der Waals surface area (Å²) in [4.78, 5) is 15.9. The summed E-state index contributed by atoms with van der Waals surface area (Å²) in [5.41, 5.74) is 0.564. The first-order valence-electron chi connectivity index (χ1n) is 6.36. The number of Topliss-reactive ketones (excluding diaryl/α,β-unsaturated/α-hetero) is 1. The van der Waals surface area contributed by atoms with Gasteiger partial charge in [0.25, 0.3) is 0 Å². The van der Waals surface area contributed by atoms with Crippen molar-refractivity contribution < 1.29 is 9.53 Å². The topological polar surface area (TPSA) is 39.2 Å². The molecule has 0 aliphatic carbocycles. The number of aromatic nitrogens is 1. The van der Waals surface area contributed by atoms with Crippen molar-refractivity contribution in [1.82, 2.24) is 4.98 Å². The van der Waals surface area contributed by atoms with E-state index in [0.717, 1.165) is 10.8 Å². The van der Waals surface area contributed by atoms with E-state index in [1.165, 1.54) is 6.92 Å². The summed E-state index contributed by atoms with van der Waals surface area (Å²) in [5, 5.41) is 2.05. The van der Waals surface area contributed by atoms with Crippen LogP contribution in [-0.2, 0) is 0 Å². The van der Waals surface area contributed by atoms with Crippen LogP contribution >= 0.6 is 0 Å². The van der Waals surface area contributed by atoms with Gasteiger partial charge in [-0.25, -0.2) is 4.98 Å². The third kappa shape index (κ3) is 2.38. The fraction of sp³-hybridized carbons (Fsp3) is 0.0588. The molecule has 0 atom stereocenters. The fourth-order valence-electron chi connectivity index (χ4n) is 2.10. The highest BCUT2D eigenvalue weighted by molar-refractivity contribution is 6.01. The van der Waals surface area contributed by atoms with E-state index >= 15 is 0 Å². The Hall–Kier alpha value is -2.68. The third-order valence-electron chi connectivity index (χ3n) is 3.08. The van der Waals surface area contributed by atoms with E-state index in [4.69, 9.17) is 4.74 Å². The zero-order valence-corrected chi connectivity index (χ0v) is 11.0. The molecule has 0 fully saturated rings. The molecule has 0 saturated carbocycles. The van der Waals surface area contributed by atoms with Crippen molar-refractivity contribution in [2.75, 3.05) is 0 Å². The van der Waals surface area contributed by atoms with E-state index in [-0.39, 0.29) is 5.78 Å². The van der Waals surface area contributed by atoms with Crippen LogP contribution in [0.15, 0.2) is 60.8 Å². The lowest BCUT2D eigenvalue weighted by molar-refractivity contribution is 0.101. The number of nitrogens with zero attached hydrogens (tertiary/aromatic N) is 1. The van der Waals surface area contributed by atoms with Gasteiger partial charge in [0, 0.05) is 12.3 Å². The van der Waals surface area contributed by atoms with E-state index in [0.29, 0.717) is 17.2 Å². The highest BCUT2D eigenvalue weighted by Crippen LogP contribution is 2.29. The van der Waals surface area contributed by atoms with Crippen molar-refractivity contribution in [3.63, 3.8) is 0 Å². The minimum absolute atomic E-state index is 0.0262. The molecule has 0 aliphatic rings. The Balaban J connectivity index is 2.12. The van der Waals surface area contributed by atoms with Crippen LogP contribution in [0, 0.1) is 0 Å². The largest absolute Gasteiger partial charge is 0.438 e. The van der Waals surface area contributed by atoms with E-state index in [1.807, 2.05) is 48.5 Å². The van der Waals surface area contributed by atoms with E-state index in [1.54, 1.807) is 12.3 Å². The summed E-state index contributed by atoms with van der Waals surface area (Å²) in [6.07, 6.45) is 1.66. The Labute approximate surface area is 116 Å². The lowest BCUT2D eigenvalue weighted by Crippen LogP contribution is -1.98. The maximum Gasteiger partial charge on any atom is 0.219 e. The van der Waals surface area contributed by atoms with Crippen molar-refractivity contribution in [2.45, 2.75) is 6.92 Å². The molecule has 0 N–H and O–H groups in total. The molecular weight excluding hydrogens is 250 g/mol. The molecule has 0 aliphatic heterocycles. The maximum absolute atomic E-state index is 11.8. The molecule has 3 aromatic rings. The molecule has 3 heteroatoms. The SMILES string of the molecule is CC(=O)c1cc2ccccc2cc1Oc1ccccn1. The van der Waals surface area contributed by atoms with Gasteiger partial charge in [0.15, 0.2) is 5.78 Å². The Kier molecular flexibility index (Phi) is 3.17. The Bertz CT molecular complexity index is 766. The number of ketones is 1. The smallest absolute Gasteiger partial charge is 0.219 e. The summed E-state index contributed by atoms with van der Waals surface area (Å²) in [5.74, 6) is 0.988. The quantitative estimate of drug-likeness (QED) is 0.664. The van der Waals surface area contributed by atoms with E-state index in [9.17, 15) is 4.79 Å². The summed E-state index contributed by atoms with van der Waals surface area (Å²) in [6.45, 7) is 1.54. The first-order valence-corrected chi connectivity index (χ1v) is 6.36. The van der Waals surface area contributed by atoms with Crippen LogP contribution in [0.1, 0.15) is 17.3 Å². The van der Waals surface area contributed by atoms with Gasteiger partial charge in [-0.2, -0.15) is 0 Å². The Morgan fingerprint density at radius 3 is 2.35 bits per heavy atom. The third-order valence-corrected chi connectivity index (χ3v) is 3.08. The van der Waals surface area contributed by atoms with Gasteiger partial charge in [-0.05, 0) is 35.9 Å². The number of pyridine rings is 1. The molecule has 98 valence electrons. The molecule has 1 heterocycles. The highest BCUT2D eigenvalue weighted by atomic mass is 16.5. The maximum atomic E-state index is 11.8. The lowest BCUT2D eigenvalue weighted by atomic mass is 10.0. The highest BCUT2D eigenvalue weighted by Gasteiger charge is 2.11. The molecule has 0 radical (unpaired) electrons. The van der Waals surface area contributed by atoms with Crippen molar-refractivity contribution in [1.29, 1.82) is 0 Å². The van der Waals surface area contributed by atoms with E-state index < -0.39 is 0 Å². The predicted octanol–water partition coefficient (Wildman–Crippen LogP) is 4.23. The van der Waals surface area contributed by atoms with Crippen LogP contribution in [-0.4, -0.2) is 10.8 Å². The second-order valence-electron chi connectivity index (χ2n) is 4.52. The monoisotopic (exact) mass is 263 g/mol. The lowest BCUT2D eigenvalue weighted by Gasteiger charge is -2.10. The van der Waals surface area contributed by atoms with Crippen LogP contribution < -0.4 is 4.74 Å². The predicted molar refractivity (Wildman–Crippen MR) is 78.3 cm³/mol. The van der Waals surface area contributed by atoms with Gasteiger partial charge >= 0.3 is 0 Å². The van der Waals surface area contributed by atoms with Crippen molar-refractivity contribution in [2.24, 2.45) is 0 Å². The fourth-order valence-corrected chi connectivity index (χ4v) is 2.10. The molecule has 1 aromatic heterocycles. The average molecular weight is 263 g/mol. The molecule has 0 amide bonds. The van der Waals surface area contributed by atoms with Crippen molar-refractivity contribution >= 4 is 16.6 Å². The second-order valence-corrected chi connectivity index (χ2v) is 4.52. The standard InChI is InChI=1S/C17H13NO2/c1-12(19)15-10-13-6-2-3-7-14(13)11-16(15)20-17-8-4-5-9-18-17/h2-11H,1H3. The summed E-state index contributed by atoms with van der Waals surface area (Å²) >= 11 is 0. The molecule has 0 saturated heterocycles. The summed E-state index contributed by atoms with van der Waals surface area (Å²) in [7, 11) is 0. The van der Waals surface area contributed by atoms with Gasteiger partial charge in [0.05, 0.1) is 5.56 Å². The summed E-state index contributed by atoms with van der Waals surface area (Å²) < 4.78 is 5.75. The number of fused-ring (bicyclic) bond motifs is 1. The molecule has 0 spiro atoms. The molecule has 20 heavy (non-hydrogen) atoms. The number of carbonyl (C=O) groups excluding carboxylic acids is 1. The molecular formula is C17H13NO2. The number of ether oxygens (including phenoxy) is 1. The van der Waals surface area contributed by atoms with Gasteiger partial charge in [-0.3, -0.25) is 4.79 Å². The van der Waals surface area contributed by atoms with Gasteiger partial charge in [-0.15, -0.1) is 0 Å². The van der Waals surface area contributed by atoms with Crippen LogP contribution in [0.25, 0.3) is 10.8 Å². The average Bonchev–Trinajstić information content (AvgIpc) is 2.47. The minimum atomic E-state index is -0.0262. The zero-order valence-electron chi connectivity index (χ0n) is 11.0. The second kappa shape index (κ2) is 5.13. The number of benzene rings is 2. The van der Waals surface area contributed by atoms with Gasteiger partial charge in [0.1, 0.15) is 5.75 Å². The number of hydrogen-bond donors (Lipinski definition) is 0. The number of rotatable bonds is 3. The van der Waals surface area contributed by atoms with Crippen LogP contribution in [0.5, 0.6) is 11.6 Å². The van der Waals surface area contributed by atoms with E-state index in [2.05, 4.69) is 4.98 Å². The molecule has 0 unspecified atom stereocenters. The Morgan fingerprint density at radius 1 is 1.00 bits per heavy atom. The van der Waals surface area contributed by atoms with Crippen molar-refractivity contribution in [3.05, 3.63) is 66.4 Å². The van der Waals surface area contributed by atoms with Crippen LogP contribution in [0.3, 0.4) is 0 Å². The number of carbonyl (C=O) groups is 1. The molecule has 3 rings (SSSR count). The first kappa shape index (κ1) is 12.4. The minimum Gasteiger partial charge on any atom is -0.438 e. The van der Waals surface area contributed by atoms with Gasteiger partial charge < -0.3 is 4.74 Å². The molecule has 2 aromatic carbocycles. The molecule has 3 nitrogen and oxygen atoms in total. The van der Waals surface area contributed by atoms with Crippen molar-refractivity contribution in [3.8, 4) is 11.6 Å². The zero-order chi connectivity index (χ0) is 13.9. The molecule has 0 bridgehead atoms. The summed E-state index contributed by atoms with van der Waals surface area (Å²) in [6, 6.07) is 17.0. The van der Waals surface area contributed by atoms with Crippen LogP contribution in [0.4, 0.5) is 0 Å². The van der Waals surface area contributed by atoms with Gasteiger partial charge in [-0.1, -0.05) is 30.3 Å².